The minimum absolute atomic E-state index is 0.542. The van der Waals surface area contributed by atoms with Crippen LogP contribution in [-0.4, -0.2) is 22.5 Å². The summed E-state index contributed by atoms with van der Waals surface area (Å²) in [5.41, 5.74) is 0.542. The lowest BCUT2D eigenvalue weighted by Crippen LogP contribution is -2.25. The van der Waals surface area contributed by atoms with Gasteiger partial charge in [-0.05, 0) is 12.5 Å². The van der Waals surface area contributed by atoms with E-state index in [2.05, 4.69) is 4.74 Å². The van der Waals surface area contributed by atoms with Gasteiger partial charge in [0.15, 0.2) is 6.29 Å². The van der Waals surface area contributed by atoms with Crippen molar-refractivity contribution in [3.8, 4) is 0 Å². The summed E-state index contributed by atoms with van der Waals surface area (Å²) >= 11 is 0. The summed E-state index contributed by atoms with van der Waals surface area (Å²) in [6.07, 6.45) is -0.418. The van der Waals surface area contributed by atoms with Gasteiger partial charge in [-0.1, -0.05) is 0 Å². The lowest BCUT2D eigenvalue weighted by atomic mass is 10.0. The Morgan fingerprint density at radius 3 is 2.50 bits per heavy atom. The molecule has 1 rings (SSSR count). The summed E-state index contributed by atoms with van der Waals surface area (Å²) in [5, 5.41) is 17.2. The molecule has 1 aliphatic heterocycles. The number of carbonyl (C=O) groups is 1. The Morgan fingerprint density at radius 2 is 2.30 bits per heavy atom. The van der Waals surface area contributed by atoms with Gasteiger partial charge in [-0.25, -0.2) is 0 Å². The van der Waals surface area contributed by atoms with Crippen LogP contribution in [0, 0.1) is 5.92 Å². The highest BCUT2D eigenvalue weighted by Crippen LogP contribution is 2.21. The van der Waals surface area contributed by atoms with Gasteiger partial charge < -0.3 is 14.9 Å². The average molecular weight is 144 g/mol. The molecule has 1 unspecified atom stereocenters. The van der Waals surface area contributed by atoms with Crippen molar-refractivity contribution in [3.05, 3.63) is 11.8 Å². The topological polar surface area (TPSA) is 66.8 Å². The highest BCUT2D eigenvalue weighted by atomic mass is 16.5. The lowest BCUT2D eigenvalue weighted by Gasteiger charge is -2.08. The molecule has 10 heavy (non-hydrogen) atoms. The van der Waals surface area contributed by atoms with Gasteiger partial charge in [0.25, 0.3) is 0 Å². The Bertz CT molecular complexity index is 182. The normalized spacial score (nSPS) is 25.0. The molecule has 0 amide bonds. The minimum Gasteiger partial charge on any atom is -0.434 e. The van der Waals surface area contributed by atoms with Gasteiger partial charge in [-0.2, -0.15) is 0 Å². The largest absolute Gasteiger partial charge is 0.434 e. The number of ether oxygens (including phenoxy) is 1. The molecule has 4 nitrogen and oxygen atoms in total. The van der Waals surface area contributed by atoms with Crippen LogP contribution in [0.4, 0.5) is 0 Å². The standard InChI is InChI=1S/C6H8O4/c1-3-2-10-6(9)4(3)5(7)8/h2,4-5,7-8H,1H3. The summed E-state index contributed by atoms with van der Waals surface area (Å²) in [5.74, 6) is -1.49. The number of carbonyl (C=O) groups excluding carboxylic acids is 1. The maximum Gasteiger partial charge on any atom is 0.323 e. The Balaban J connectivity index is 2.74. The van der Waals surface area contributed by atoms with Gasteiger partial charge in [0.2, 0.25) is 0 Å². The summed E-state index contributed by atoms with van der Waals surface area (Å²) in [7, 11) is 0. The van der Waals surface area contributed by atoms with Crippen LogP contribution in [0.2, 0.25) is 0 Å². The Labute approximate surface area is 57.7 Å². The number of esters is 1. The predicted octanol–water partition coefficient (Wildman–Crippen LogP) is -0.626. The second-order valence-corrected chi connectivity index (χ2v) is 2.19. The second kappa shape index (κ2) is 2.40. The molecular formula is C6H8O4. The molecule has 0 radical (unpaired) electrons. The molecule has 0 aromatic carbocycles. The van der Waals surface area contributed by atoms with Crippen molar-refractivity contribution in [2.75, 3.05) is 0 Å². The van der Waals surface area contributed by atoms with Crippen LogP contribution in [-0.2, 0) is 9.53 Å². The van der Waals surface area contributed by atoms with E-state index in [1.54, 1.807) is 6.92 Å². The van der Waals surface area contributed by atoms with E-state index in [1.807, 2.05) is 0 Å². The van der Waals surface area contributed by atoms with E-state index >= 15 is 0 Å². The van der Waals surface area contributed by atoms with E-state index in [0.29, 0.717) is 5.57 Å². The first kappa shape index (κ1) is 7.24. The monoisotopic (exact) mass is 144 g/mol. The van der Waals surface area contributed by atoms with Gasteiger partial charge in [0.05, 0.1) is 6.26 Å². The fraction of sp³-hybridized carbons (Fsp3) is 0.500. The third kappa shape index (κ3) is 1.03. The van der Waals surface area contributed by atoms with Crippen LogP contribution in [0.25, 0.3) is 0 Å². The number of aliphatic hydroxyl groups excluding tert-OH is 1. The van der Waals surface area contributed by atoms with E-state index in [9.17, 15) is 4.79 Å². The van der Waals surface area contributed by atoms with Crippen LogP contribution < -0.4 is 0 Å². The molecule has 0 saturated heterocycles. The summed E-state index contributed by atoms with van der Waals surface area (Å²) in [6, 6.07) is 0. The summed E-state index contributed by atoms with van der Waals surface area (Å²) in [6.45, 7) is 1.61. The maximum atomic E-state index is 10.6. The van der Waals surface area contributed by atoms with E-state index in [0.717, 1.165) is 0 Å². The molecule has 4 heteroatoms. The third-order valence-electron chi connectivity index (χ3n) is 1.40. The number of cyclic esters (lactones) is 1. The molecule has 0 fully saturated rings. The van der Waals surface area contributed by atoms with E-state index < -0.39 is 18.2 Å². The Hall–Kier alpha value is -0.870. The van der Waals surface area contributed by atoms with Crippen molar-refractivity contribution in [1.82, 2.24) is 0 Å². The SMILES string of the molecule is CC1=COC(=O)C1C(O)O. The van der Waals surface area contributed by atoms with Crippen molar-refractivity contribution in [1.29, 1.82) is 0 Å². The van der Waals surface area contributed by atoms with Gasteiger partial charge in [0, 0.05) is 0 Å². The van der Waals surface area contributed by atoms with E-state index in [4.69, 9.17) is 10.2 Å². The molecule has 0 aromatic heterocycles. The van der Waals surface area contributed by atoms with E-state index in [-0.39, 0.29) is 0 Å². The van der Waals surface area contributed by atoms with Gasteiger partial charge in [-0.15, -0.1) is 0 Å². The molecule has 0 saturated carbocycles. The molecule has 0 bridgehead atoms. The molecule has 2 N–H and O–H groups in total. The first-order valence-corrected chi connectivity index (χ1v) is 2.86. The Morgan fingerprint density at radius 1 is 1.70 bits per heavy atom. The van der Waals surface area contributed by atoms with Crippen LogP contribution in [0.15, 0.2) is 11.8 Å². The van der Waals surface area contributed by atoms with Crippen molar-refractivity contribution in [2.24, 2.45) is 5.92 Å². The Kier molecular flexibility index (Phi) is 1.74. The fourth-order valence-corrected chi connectivity index (χ4v) is 0.840. The molecule has 0 aliphatic carbocycles. The van der Waals surface area contributed by atoms with Crippen molar-refractivity contribution >= 4 is 5.97 Å². The number of rotatable bonds is 1. The minimum atomic E-state index is -1.65. The van der Waals surface area contributed by atoms with Gasteiger partial charge in [-0.3, -0.25) is 4.79 Å². The molecule has 0 aromatic rings. The van der Waals surface area contributed by atoms with Gasteiger partial charge >= 0.3 is 5.97 Å². The van der Waals surface area contributed by atoms with Crippen LogP contribution in [0.5, 0.6) is 0 Å². The smallest absolute Gasteiger partial charge is 0.323 e. The lowest BCUT2D eigenvalue weighted by molar-refractivity contribution is -0.151. The molecule has 56 valence electrons. The van der Waals surface area contributed by atoms with Crippen molar-refractivity contribution in [3.63, 3.8) is 0 Å². The molecular weight excluding hydrogens is 136 g/mol. The zero-order valence-electron chi connectivity index (χ0n) is 5.44. The summed E-state index contributed by atoms with van der Waals surface area (Å²) in [4.78, 5) is 10.6. The van der Waals surface area contributed by atoms with Crippen molar-refractivity contribution in [2.45, 2.75) is 13.2 Å². The number of hydrogen-bond donors (Lipinski definition) is 2. The first-order valence-electron chi connectivity index (χ1n) is 2.86. The number of hydrogen-bond acceptors (Lipinski definition) is 4. The molecule has 1 atom stereocenters. The zero-order chi connectivity index (χ0) is 7.72. The quantitative estimate of drug-likeness (QED) is 0.380. The summed E-state index contributed by atoms with van der Waals surface area (Å²) < 4.78 is 4.42. The average Bonchev–Trinajstić information content (AvgIpc) is 2.11. The second-order valence-electron chi connectivity index (χ2n) is 2.19. The van der Waals surface area contributed by atoms with Crippen LogP contribution in [0.1, 0.15) is 6.92 Å². The fourth-order valence-electron chi connectivity index (χ4n) is 0.840. The maximum absolute atomic E-state index is 10.6. The van der Waals surface area contributed by atoms with E-state index in [1.165, 1.54) is 6.26 Å². The predicted molar refractivity (Wildman–Crippen MR) is 31.6 cm³/mol. The van der Waals surface area contributed by atoms with Crippen LogP contribution in [0.3, 0.4) is 0 Å². The first-order chi connectivity index (χ1) is 4.63. The third-order valence-corrected chi connectivity index (χ3v) is 1.40. The number of aliphatic hydroxyl groups is 2. The zero-order valence-corrected chi connectivity index (χ0v) is 5.44. The van der Waals surface area contributed by atoms with Gasteiger partial charge in [0.1, 0.15) is 5.92 Å². The highest BCUT2D eigenvalue weighted by Gasteiger charge is 2.32. The van der Waals surface area contributed by atoms with Crippen molar-refractivity contribution < 1.29 is 19.7 Å². The molecule has 1 heterocycles. The molecule has 1 aliphatic rings. The molecule has 0 spiro atoms. The highest BCUT2D eigenvalue weighted by molar-refractivity contribution is 5.79. The van der Waals surface area contributed by atoms with Crippen LogP contribution >= 0.6 is 0 Å².